The molecule has 0 aliphatic carbocycles. The van der Waals surface area contributed by atoms with Gasteiger partial charge in [0, 0.05) is 0 Å². The van der Waals surface area contributed by atoms with E-state index in [4.69, 9.17) is 0 Å². The average Bonchev–Trinajstić information content (AvgIpc) is 2.67. The van der Waals surface area contributed by atoms with Crippen molar-refractivity contribution >= 4 is 0 Å². The third-order valence-electron chi connectivity index (χ3n) is 0.885. The molecule has 2 aromatic heterocycles. The second-order valence-electron chi connectivity index (χ2n) is 1.63. The largest absolute Gasteiger partial charge is 4.00 e. The van der Waals surface area contributed by atoms with E-state index in [0.717, 1.165) is 0 Å². The molecule has 0 fully saturated rings. The van der Waals surface area contributed by atoms with Gasteiger partial charge in [-0.3, -0.25) is 0 Å². The Bertz CT molecular complexity index is 159. The van der Waals surface area contributed by atoms with Crippen LogP contribution in [0.4, 0.5) is 0 Å². The van der Waals surface area contributed by atoms with Gasteiger partial charge >= 0.3 is 21.7 Å². The maximum Gasteiger partial charge on any atom is 4.00 e. The predicted molar refractivity (Wildman–Crippen MR) is 39.3 cm³/mol. The molecule has 2 rings (SSSR count). The molecule has 0 amide bonds. The Hall–Kier alpha value is -0.866. The normalized spacial score (nSPS) is 6.15. The Kier molecular flexibility index (Phi) is 19.0. The third kappa shape index (κ3) is 11.1. The molecule has 0 radical (unpaired) electrons. The first-order chi connectivity index (χ1) is 5.00. The van der Waals surface area contributed by atoms with Crippen molar-refractivity contribution in [2.24, 2.45) is 0 Å². The first kappa shape index (κ1) is 18.0. The molecule has 2 nitrogen and oxygen atoms in total. The van der Waals surface area contributed by atoms with Gasteiger partial charge in [0.2, 0.25) is 0 Å². The van der Waals surface area contributed by atoms with Crippen LogP contribution in [-0.2, 0) is 21.7 Å². The van der Waals surface area contributed by atoms with Crippen molar-refractivity contribution in [3.8, 4) is 0 Å². The monoisotopic (exact) mass is 218 g/mol. The number of aromatic nitrogens is 2. The Labute approximate surface area is 90.4 Å². The van der Waals surface area contributed by atoms with Gasteiger partial charge in [-0.1, -0.05) is 0 Å². The molecule has 68 valence electrons. The molecule has 0 bridgehead atoms. The van der Waals surface area contributed by atoms with E-state index < -0.39 is 0 Å². The standard InChI is InChI=1S/2C4H4N.2FH.Ti/c2*1-2-4-5-3-1;;;/h2*1-3,5H;2*1H;/q2*-1;;;+4/p-2. The van der Waals surface area contributed by atoms with Crippen molar-refractivity contribution in [3.63, 3.8) is 0 Å². The van der Waals surface area contributed by atoms with Crippen molar-refractivity contribution in [1.29, 1.82) is 0 Å². The molecule has 0 aliphatic rings. The molecule has 0 saturated heterocycles. The summed E-state index contributed by atoms with van der Waals surface area (Å²) in [6.07, 6.45) is 9.11. The van der Waals surface area contributed by atoms with Gasteiger partial charge in [-0.15, -0.1) is 12.4 Å². The summed E-state index contributed by atoms with van der Waals surface area (Å²) < 4.78 is 0. The Morgan fingerprint density at radius 1 is 0.769 bits per heavy atom. The summed E-state index contributed by atoms with van der Waals surface area (Å²) >= 11 is 0. The van der Waals surface area contributed by atoms with Crippen LogP contribution in [-0.4, -0.2) is 9.97 Å². The second-order valence-corrected chi connectivity index (χ2v) is 1.63. The molecule has 0 unspecified atom stereocenters. The third-order valence-corrected chi connectivity index (χ3v) is 0.885. The Morgan fingerprint density at radius 3 is 1.23 bits per heavy atom. The van der Waals surface area contributed by atoms with E-state index in [2.05, 4.69) is 22.4 Å². The summed E-state index contributed by atoms with van der Waals surface area (Å²) in [6, 6.07) is 7.42. The van der Waals surface area contributed by atoms with E-state index in [0.29, 0.717) is 0 Å². The minimum Gasteiger partial charge on any atom is -1.00 e. The van der Waals surface area contributed by atoms with Crippen molar-refractivity contribution in [2.75, 3.05) is 0 Å². The van der Waals surface area contributed by atoms with Gasteiger partial charge in [-0.2, -0.15) is 36.7 Å². The number of aromatic amines is 2. The van der Waals surface area contributed by atoms with Crippen LogP contribution in [0.3, 0.4) is 0 Å². The van der Waals surface area contributed by atoms with Crippen molar-refractivity contribution in [2.45, 2.75) is 0 Å². The number of rotatable bonds is 0. The van der Waals surface area contributed by atoms with E-state index in [1.807, 2.05) is 36.7 Å². The van der Waals surface area contributed by atoms with Crippen LogP contribution in [0, 0.1) is 12.4 Å². The number of hydrogen-bond donors (Lipinski definition) is 2. The van der Waals surface area contributed by atoms with Gasteiger partial charge in [-0.05, 0) is 0 Å². The summed E-state index contributed by atoms with van der Waals surface area (Å²) in [5.41, 5.74) is 0. The average molecular weight is 218 g/mol. The van der Waals surface area contributed by atoms with Crippen LogP contribution in [0.15, 0.2) is 36.7 Å². The molecule has 0 atom stereocenters. The van der Waals surface area contributed by atoms with E-state index in [9.17, 15) is 0 Å². The molecule has 13 heavy (non-hydrogen) atoms. The molecule has 0 saturated carbocycles. The van der Waals surface area contributed by atoms with Crippen molar-refractivity contribution in [3.05, 3.63) is 49.1 Å². The van der Waals surface area contributed by atoms with Gasteiger partial charge < -0.3 is 19.4 Å². The number of nitrogens with one attached hydrogen (secondary N) is 2. The summed E-state index contributed by atoms with van der Waals surface area (Å²) in [7, 11) is 0. The molecular formula is C8H8F2N2Ti. The SMILES string of the molecule is [F-].[F-].[Ti+4].[c-]1ccc[nH]1.[c-]1ccc[nH]1. The van der Waals surface area contributed by atoms with Crippen LogP contribution in [0.2, 0.25) is 0 Å². The fourth-order valence-electron chi connectivity index (χ4n) is 0.481. The quantitative estimate of drug-likeness (QED) is 0.331. The molecule has 0 aromatic carbocycles. The number of halogens is 2. The summed E-state index contributed by atoms with van der Waals surface area (Å²) in [6.45, 7) is 0. The van der Waals surface area contributed by atoms with Crippen LogP contribution < -0.4 is 9.41 Å². The number of H-pyrrole nitrogens is 2. The maximum atomic E-state index is 2.74. The summed E-state index contributed by atoms with van der Waals surface area (Å²) in [5.74, 6) is 0. The zero-order chi connectivity index (χ0) is 7.07. The molecule has 5 heteroatoms. The van der Waals surface area contributed by atoms with Crippen LogP contribution in [0.5, 0.6) is 0 Å². The van der Waals surface area contributed by atoms with Crippen LogP contribution >= 0.6 is 0 Å². The fraction of sp³-hybridized carbons (Fsp3) is 0. The van der Waals surface area contributed by atoms with E-state index >= 15 is 0 Å². The Balaban J connectivity index is -0.000000125. The first-order valence-electron chi connectivity index (χ1n) is 2.99. The maximum absolute atomic E-state index is 2.74. The van der Waals surface area contributed by atoms with Gasteiger partial charge in [-0.25, -0.2) is 0 Å². The molecule has 2 aromatic rings. The molecule has 0 aliphatic heterocycles. The van der Waals surface area contributed by atoms with Gasteiger partial charge in [0.15, 0.2) is 0 Å². The molecule has 2 N–H and O–H groups in total. The van der Waals surface area contributed by atoms with E-state index in [1.165, 1.54) is 0 Å². The van der Waals surface area contributed by atoms with Crippen molar-refractivity contribution < 1.29 is 31.1 Å². The molecule has 0 spiro atoms. The topological polar surface area (TPSA) is 31.6 Å². The summed E-state index contributed by atoms with van der Waals surface area (Å²) in [5, 5.41) is 0. The van der Waals surface area contributed by atoms with Gasteiger partial charge in [0.25, 0.3) is 0 Å². The Morgan fingerprint density at radius 2 is 1.15 bits per heavy atom. The zero-order valence-electron chi connectivity index (χ0n) is 6.72. The van der Waals surface area contributed by atoms with E-state index in [1.54, 1.807) is 0 Å². The first-order valence-corrected chi connectivity index (χ1v) is 2.99. The molecule has 2 heterocycles. The fourth-order valence-corrected chi connectivity index (χ4v) is 0.481. The molecular weight excluding hydrogens is 210 g/mol. The van der Waals surface area contributed by atoms with Crippen molar-refractivity contribution in [1.82, 2.24) is 9.97 Å². The number of hydrogen-bond acceptors (Lipinski definition) is 0. The van der Waals surface area contributed by atoms with Crippen LogP contribution in [0.25, 0.3) is 0 Å². The minimum atomic E-state index is 0. The minimum absolute atomic E-state index is 0. The predicted octanol–water partition coefficient (Wildman–Crippen LogP) is -4.36. The van der Waals surface area contributed by atoms with Gasteiger partial charge in [0.1, 0.15) is 0 Å². The second kappa shape index (κ2) is 13.7. The smallest absolute Gasteiger partial charge is 1.00 e. The van der Waals surface area contributed by atoms with E-state index in [-0.39, 0.29) is 31.1 Å². The summed E-state index contributed by atoms with van der Waals surface area (Å²) in [4.78, 5) is 5.47. The van der Waals surface area contributed by atoms with Crippen LogP contribution in [0.1, 0.15) is 0 Å². The van der Waals surface area contributed by atoms with Gasteiger partial charge in [0.05, 0.1) is 0 Å². The zero-order valence-corrected chi connectivity index (χ0v) is 8.28.